The lowest BCUT2D eigenvalue weighted by Gasteiger charge is -2.21. The van der Waals surface area contributed by atoms with Crippen LogP contribution in [-0.4, -0.2) is 37.7 Å². The first-order valence-corrected chi connectivity index (χ1v) is 6.98. The topological polar surface area (TPSA) is 24.5 Å². The van der Waals surface area contributed by atoms with Crippen LogP contribution < -0.4 is 10.1 Å². The van der Waals surface area contributed by atoms with Crippen molar-refractivity contribution in [2.45, 2.75) is 31.8 Å². The van der Waals surface area contributed by atoms with E-state index in [4.69, 9.17) is 4.74 Å². The smallest absolute Gasteiger partial charge is 0.122 e. The molecular weight excluding hydrogens is 224 g/mol. The Hall–Kier alpha value is -1.06. The van der Waals surface area contributed by atoms with E-state index in [0.717, 1.165) is 31.9 Å². The minimum atomic E-state index is 0.688. The number of hydrogen-bond donors (Lipinski definition) is 1. The molecule has 0 aliphatic carbocycles. The molecule has 2 aliphatic rings. The fourth-order valence-corrected chi connectivity index (χ4v) is 3.00. The van der Waals surface area contributed by atoms with E-state index in [1.807, 2.05) is 0 Å². The normalized spacial score (nSPS) is 22.2. The van der Waals surface area contributed by atoms with Gasteiger partial charge in [-0.15, -0.1) is 0 Å². The number of rotatable bonds is 4. The molecule has 0 saturated carbocycles. The summed E-state index contributed by atoms with van der Waals surface area (Å²) in [4.78, 5) is 2.42. The summed E-state index contributed by atoms with van der Waals surface area (Å²) in [6, 6.07) is 7.32. The van der Waals surface area contributed by atoms with Gasteiger partial charge in [-0.3, -0.25) is 0 Å². The van der Waals surface area contributed by atoms with Crippen LogP contribution >= 0.6 is 0 Å². The second-order valence-corrected chi connectivity index (χ2v) is 5.53. The molecule has 98 valence electrons. The Morgan fingerprint density at radius 1 is 1.44 bits per heavy atom. The fraction of sp³-hybridized carbons (Fsp3) is 0.600. The maximum atomic E-state index is 5.54. The maximum Gasteiger partial charge on any atom is 0.122 e. The summed E-state index contributed by atoms with van der Waals surface area (Å²) in [5, 5.41) is 3.55. The van der Waals surface area contributed by atoms with Crippen LogP contribution in [0.15, 0.2) is 18.2 Å². The standard InChI is InChI=1S/C15H22N2O/c1-17(11-14-3-2-7-16-14)10-12-4-5-15-13(9-12)6-8-18-15/h4-5,9,14,16H,2-3,6-8,10-11H2,1H3. The molecule has 0 radical (unpaired) electrons. The van der Waals surface area contributed by atoms with Crippen LogP contribution in [0.1, 0.15) is 24.0 Å². The second-order valence-electron chi connectivity index (χ2n) is 5.53. The Morgan fingerprint density at radius 3 is 3.22 bits per heavy atom. The van der Waals surface area contributed by atoms with Crippen molar-refractivity contribution in [1.29, 1.82) is 0 Å². The van der Waals surface area contributed by atoms with Gasteiger partial charge >= 0.3 is 0 Å². The van der Waals surface area contributed by atoms with E-state index in [2.05, 4.69) is 35.5 Å². The van der Waals surface area contributed by atoms with Crippen molar-refractivity contribution in [1.82, 2.24) is 10.2 Å². The van der Waals surface area contributed by atoms with Crippen molar-refractivity contribution in [3.05, 3.63) is 29.3 Å². The van der Waals surface area contributed by atoms with E-state index in [1.54, 1.807) is 0 Å². The molecule has 1 aromatic rings. The highest BCUT2D eigenvalue weighted by molar-refractivity contribution is 5.39. The third-order valence-electron chi connectivity index (χ3n) is 3.90. The minimum absolute atomic E-state index is 0.688. The summed E-state index contributed by atoms with van der Waals surface area (Å²) in [7, 11) is 2.21. The number of nitrogens with zero attached hydrogens (tertiary/aromatic N) is 1. The number of likely N-dealkylation sites (N-methyl/N-ethyl adjacent to an activating group) is 1. The molecule has 2 aliphatic heterocycles. The van der Waals surface area contributed by atoms with Crippen molar-refractivity contribution in [3.63, 3.8) is 0 Å². The molecular formula is C15H22N2O. The van der Waals surface area contributed by atoms with E-state index < -0.39 is 0 Å². The molecule has 1 saturated heterocycles. The molecule has 3 heteroatoms. The summed E-state index contributed by atoms with van der Waals surface area (Å²) < 4.78 is 5.54. The summed E-state index contributed by atoms with van der Waals surface area (Å²) in [5.41, 5.74) is 2.78. The zero-order chi connectivity index (χ0) is 12.4. The highest BCUT2D eigenvalue weighted by Crippen LogP contribution is 2.26. The van der Waals surface area contributed by atoms with Crippen molar-refractivity contribution < 1.29 is 4.74 Å². The van der Waals surface area contributed by atoms with Crippen LogP contribution in [0, 0.1) is 0 Å². The molecule has 2 heterocycles. The molecule has 3 rings (SSSR count). The maximum absolute atomic E-state index is 5.54. The summed E-state index contributed by atoms with van der Waals surface area (Å²) >= 11 is 0. The molecule has 0 spiro atoms. The van der Waals surface area contributed by atoms with Crippen LogP contribution in [-0.2, 0) is 13.0 Å². The average molecular weight is 246 g/mol. The number of fused-ring (bicyclic) bond motifs is 1. The highest BCUT2D eigenvalue weighted by atomic mass is 16.5. The van der Waals surface area contributed by atoms with E-state index in [-0.39, 0.29) is 0 Å². The van der Waals surface area contributed by atoms with Crippen molar-refractivity contribution in [3.8, 4) is 5.75 Å². The Kier molecular flexibility index (Phi) is 3.52. The van der Waals surface area contributed by atoms with E-state index in [9.17, 15) is 0 Å². The van der Waals surface area contributed by atoms with Crippen molar-refractivity contribution in [2.75, 3.05) is 26.7 Å². The zero-order valence-corrected chi connectivity index (χ0v) is 11.1. The molecule has 1 fully saturated rings. The monoisotopic (exact) mass is 246 g/mol. The molecule has 1 N–H and O–H groups in total. The van der Waals surface area contributed by atoms with Crippen LogP contribution in [0.25, 0.3) is 0 Å². The predicted octanol–water partition coefficient (Wildman–Crippen LogP) is 1.81. The molecule has 1 aromatic carbocycles. The molecule has 0 aromatic heterocycles. The van der Waals surface area contributed by atoms with Crippen LogP contribution in [0.5, 0.6) is 5.75 Å². The lowest BCUT2D eigenvalue weighted by Crippen LogP contribution is -2.34. The predicted molar refractivity (Wildman–Crippen MR) is 73.0 cm³/mol. The van der Waals surface area contributed by atoms with Gasteiger partial charge in [0.15, 0.2) is 0 Å². The van der Waals surface area contributed by atoms with Crippen molar-refractivity contribution >= 4 is 0 Å². The molecule has 1 unspecified atom stereocenters. The van der Waals surface area contributed by atoms with Gasteiger partial charge in [-0.2, -0.15) is 0 Å². The van der Waals surface area contributed by atoms with Crippen LogP contribution in [0.4, 0.5) is 0 Å². The molecule has 18 heavy (non-hydrogen) atoms. The third kappa shape index (κ3) is 2.68. The second kappa shape index (κ2) is 5.29. The van der Waals surface area contributed by atoms with Gasteiger partial charge in [0.1, 0.15) is 5.75 Å². The largest absolute Gasteiger partial charge is 0.493 e. The Balaban J connectivity index is 1.58. The zero-order valence-electron chi connectivity index (χ0n) is 11.1. The third-order valence-corrected chi connectivity index (χ3v) is 3.90. The Morgan fingerprint density at radius 2 is 2.39 bits per heavy atom. The quantitative estimate of drug-likeness (QED) is 0.877. The molecule has 1 atom stereocenters. The molecule has 0 bridgehead atoms. The van der Waals surface area contributed by atoms with Crippen LogP contribution in [0.3, 0.4) is 0 Å². The van der Waals surface area contributed by atoms with Crippen LogP contribution in [0.2, 0.25) is 0 Å². The van der Waals surface area contributed by atoms with Gasteiger partial charge in [0.05, 0.1) is 6.61 Å². The number of hydrogen-bond acceptors (Lipinski definition) is 3. The van der Waals surface area contributed by atoms with Gasteiger partial charge in [-0.1, -0.05) is 12.1 Å². The van der Waals surface area contributed by atoms with Gasteiger partial charge in [0, 0.05) is 25.6 Å². The summed E-state index contributed by atoms with van der Waals surface area (Å²) in [5.74, 6) is 1.08. The van der Waals surface area contributed by atoms with Crippen molar-refractivity contribution in [2.24, 2.45) is 0 Å². The van der Waals surface area contributed by atoms with Gasteiger partial charge in [0.2, 0.25) is 0 Å². The lowest BCUT2D eigenvalue weighted by atomic mass is 10.1. The average Bonchev–Trinajstić information content (AvgIpc) is 2.98. The SMILES string of the molecule is CN(Cc1ccc2c(c1)CCO2)CC1CCCN1. The number of ether oxygens (including phenoxy) is 1. The Bertz CT molecular complexity index is 413. The van der Waals surface area contributed by atoms with Gasteiger partial charge in [-0.05, 0) is 43.6 Å². The van der Waals surface area contributed by atoms with E-state index in [0.29, 0.717) is 6.04 Å². The lowest BCUT2D eigenvalue weighted by molar-refractivity contribution is 0.293. The van der Waals surface area contributed by atoms with Gasteiger partial charge in [-0.25, -0.2) is 0 Å². The fourth-order valence-electron chi connectivity index (χ4n) is 3.00. The summed E-state index contributed by atoms with van der Waals surface area (Å²) in [6.07, 6.45) is 3.72. The highest BCUT2D eigenvalue weighted by Gasteiger charge is 2.17. The first-order valence-electron chi connectivity index (χ1n) is 6.98. The van der Waals surface area contributed by atoms with Gasteiger partial charge in [0.25, 0.3) is 0 Å². The number of benzene rings is 1. The number of nitrogens with one attached hydrogen (secondary N) is 1. The van der Waals surface area contributed by atoms with E-state index >= 15 is 0 Å². The minimum Gasteiger partial charge on any atom is -0.493 e. The molecule has 0 amide bonds. The first kappa shape index (κ1) is 12.0. The summed E-state index contributed by atoms with van der Waals surface area (Å²) in [6.45, 7) is 4.22. The van der Waals surface area contributed by atoms with E-state index in [1.165, 1.54) is 30.5 Å². The van der Waals surface area contributed by atoms with Gasteiger partial charge < -0.3 is 15.0 Å². The molecule has 3 nitrogen and oxygen atoms in total. The Labute approximate surface area is 109 Å². The first-order chi connectivity index (χ1) is 8.81.